The van der Waals surface area contributed by atoms with Crippen molar-refractivity contribution in [2.24, 2.45) is 0 Å². The summed E-state index contributed by atoms with van der Waals surface area (Å²) in [6.45, 7) is 9.39. The van der Waals surface area contributed by atoms with Crippen molar-refractivity contribution in [3.05, 3.63) is 0 Å². The summed E-state index contributed by atoms with van der Waals surface area (Å²) >= 11 is 1.95. The van der Waals surface area contributed by atoms with Crippen LogP contribution in [-0.4, -0.2) is 67.2 Å². The van der Waals surface area contributed by atoms with E-state index in [2.05, 4.69) is 25.7 Å². The molecule has 2 saturated heterocycles. The smallest absolute Gasteiger partial charge is 0.151 e. The highest BCUT2D eigenvalue weighted by Crippen LogP contribution is 2.25. The largest absolute Gasteiger partial charge is 0.377 e. The number of nitrogens with zero attached hydrogens (tertiary/aromatic N) is 1. The first kappa shape index (κ1) is 17.6. The molecule has 6 heteroatoms. The molecule has 124 valence electrons. The predicted octanol–water partition coefficient (Wildman–Crippen LogP) is 2.19. The van der Waals surface area contributed by atoms with Crippen molar-refractivity contribution in [2.45, 2.75) is 56.9 Å². The van der Waals surface area contributed by atoms with Crippen LogP contribution in [0.3, 0.4) is 0 Å². The molecule has 0 amide bonds. The molecule has 2 unspecified atom stereocenters. The lowest BCUT2D eigenvalue weighted by Gasteiger charge is -2.31. The molecule has 0 saturated carbocycles. The van der Waals surface area contributed by atoms with Crippen LogP contribution in [-0.2, 0) is 14.6 Å². The third-order valence-corrected chi connectivity index (χ3v) is 7.10. The standard InChI is InChI=1S/C15H29NO3S2/c1-15(2,3)20-9-7-16(11-14-5-4-8-19-14)13-6-10-21(17,18)12-13/h13-14H,4-12H2,1-3H3. The first-order chi connectivity index (χ1) is 9.75. The van der Waals surface area contributed by atoms with Gasteiger partial charge in [-0.2, -0.15) is 11.8 Å². The highest BCUT2D eigenvalue weighted by atomic mass is 32.2. The molecule has 21 heavy (non-hydrogen) atoms. The highest BCUT2D eigenvalue weighted by Gasteiger charge is 2.33. The quantitative estimate of drug-likeness (QED) is 0.744. The fourth-order valence-electron chi connectivity index (χ4n) is 3.01. The topological polar surface area (TPSA) is 46.6 Å². The molecular weight excluding hydrogens is 306 g/mol. The summed E-state index contributed by atoms with van der Waals surface area (Å²) in [5.41, 5.74) is 0. The minimum Gasteiger partial charge on any atom is -0.377 e. The van der Waals surface area contributed by atoms with Gasteiger partial charge in [0.1, 0.15) is 0 Å². The maximum absolute atomic E-state index is 11.8. The van der Waals surface area contributed by atoms with E-state index in [1.54, 1.807) is 0 Å². The Morgan fingerprint density at radius 1 is 1.29 bits per heavy atom. The van der Waals surface area contributed by atoms with Gasteiger partial charge in [0.05, 0.1) is 17.6 Å². The van der Waals surface area contributed by atoms with Gasteiger partial charge in [-0.25, -0.2) is 8.42 Å². The Kier molecular flexibility index (Phi) is 6.02. The molecule has 4 nitrogen and oxygen atoms in total. The minimum atomic E-state index is -2.82. The van der Waals surface area contributed by atoms with Gasteiger partial charge in [0, 0.05) is 36.2 Å². The fourth-order valence-corrected chi connectivity index (χ4v) is 5.71. The van der Waals surface area contributed by atoms with Crippen LogP contribution in [0.4, 0.5) is 0 Å². The van der Waals surface area contributed by atoms with Crippen LogP contribution in [0.25, 0.3) is 0 Å². The molecule has 2 atom stereocenters. The number of rotatable bonds is 6. The van der Waals surface area contributed by atoms with Crippen LogP contribution in [0.1, 0.15) is 40.0 Å². The predicted molar refractivity (Wildman–Crippen MR) is 89.8 cm³/mol. The van der Waals surface area contributed by atoms with Crippen LogP contribution in [0, 0.1) is 0 Å². The lowest BCUT2D eigenvalue weighted by molar-refractivity contribution is 0.0635. The molecule has 0 N–H and O–H groups in total. The van der Waals surface area contributed by atoms with Crippen molar-refractivity contribution in [3.63, 3.8) is 0 Å². The SMILES string of the molecule is CC(C)(C)SCCN(CC1CCCO1)C1CCS(=O)(=O)C1. The van der Waals surface area contributed by atoms with Crippen molar-refractivity contribution < 1.29 is 13.2 Å². The van der Waals surface area contributed by atoms with E-state index in [1.165, 1.54) is 0 Å². The third-order valence-electron chi connectivity index (χ3n) is 4.10. The Morgan fingerprint density at radius 2 is 2.05 bits per heavy atom. The second-order valence-electron chi connectivity index (χ2n) is 7.15. The summed E-state index contributed by atoms with van der Waals surface area (Å²) in [6, 6.07) is 0.194. The average Bonchev–Trinajstić information content (AvgIpc) is 2.95. The Hall–Kier alpha value is 0.220. The Morgan fingerprint density at radius 3 is 2.57 bits per heavy atom. The van der Waals surface area contributed by atoms with Crippen LogP contribution in [0.5, 0.6) is 0 Å². The molecular formula is C15H29NO3S2. The average molecular weight is 336 g/mol. The zero-order chi connectivity index (χ0) is 15.5. The Balaban J connectivity index is 1.90. The summed E-state index contributed by atoms with van der Waals surface area (Å²) in [7, 11) is -2.82. The normalized spacial score (nSPS) is 29.3. The summed E-state index contributed by atoms with van der Waals surface area (Å²) in [6.07, 6.45) is 3.34. The van der Waals surface area contributed by atoms with E-state index < -0.39 is 9.84 Å². The van der Waals surface area contributed by atoms with E-state index >= 15 is 0 Å². The number of sulfone groups is 1. The van der Waals surface area contributed by atoms with Crippen LogP contribution in [0.15, 0.2) is 0 Å². The first-order valence-electron chi connectivity index (χ1n) is 7.95. The first-order valence-corrected chi connectivity index (χ1v) is 10.8. The van der Waals surface area contributed by atoms with Gasteiger partial charge in [-0.3, -0.25) is 4.90 Å². The molecule has 0 aromatic rings. The molecule has 0 bridgehead atoms. The fraction of sp³-hybridized carbons (Fsp3) is 1.00. The van der Waals surface area contributed by atoms with Crippen LogP contribution >= 0.6 is 11.8 Å². The molecule has 0 aromatic heterocycles. The van der Waals surface area contributed by atoms with Gasteiger partial charge in [-0.1, -0.05) is 20.8 Å². The summed E-state index contributed by atoms with van der Waals surface area (Å²) < 4.78 is 29.5. The van der Waals surface area contributed by atoms with E-state index in [1.807, 2.05) is 11.8 Å². The van der Waals surface area contributed by atoms with E-state index in [4.69, 9.17) is 4.74 Å². The van der Waals surface area contributed by atoms with Crippen LogP contribution in [0.2, 0.25) is 0 Å². The zero-order valence-corrected chi connectivity index (χ0v) is 15.1. The monoisotopic (exact) mass is 335 g/mol. The summed E-state index contributed by atoms with van der Waals surface area (Å²) in [5.74, 6) is 1.73. The van der Waals surface area contributed by atoms with Gasteiger partial charge in [0.25, 0.3) is 0 Å². The third kappa shape index (κ3) is 6.08. The van der Waals surface area contributed by atoms with E-state index in [0.717, 1.165) is 44.7 Å². The molecule has 2 aliphatic heterocycles. The van der Waals surface area contributed by atoms with Gasteiger partial charge in [-0.15, -0.1) is 0 Å². The lowest BCUT2D eigenvalue weighted by Crippen LogP contribution is -2.42. The molecule has 0 aromatic carbocycles. The lowest BCUT2D eigenvalue weighted by atomic mass is 10.1. The molecule has 0 aliphatic carbocycles. The van der Waals surface area contributed by atoms with Gasteiger partial charge in [0.15, 0.2) is 9.84 Å². The van der Waals surface area contributed by atoms with E-state index in [-0.39, 0.29) is 10.8 Å². The van der Waals surface area contributed by atoms with Crippen molar-refractivity contribution in [1.82, 2.24) is 4.90 Å². The maximum Gasteiger partial charge on any atom is 0.151 e. The van der Waals surface area contributed by atoms with Crippen molar-refractivity contribution in [2.75, 3.05) is 37.0 Å². The molecule has 2 fully saturated rings. The van der Waals surface area contributed by atoms with E-state index in [9.17, 15) is 8.42 Å². The second-order valence-corrected chi connectivity index (χ2v) is 11.3. The summed E-state index contributed by atoms with van der Waals surface area (Å²) in [4.78, 5) is 2.37. The van der Waals surface area contributed by atoms with Gasteiger partial charge in [-0.05, 0) is 19.3 Å². The number of hydrogen-bond acceptors (Lipinski definition) is 5. The van der Waals surface area contributed by atoms with Gasteiger partial charge < -0.3 is 4.74 Å². The van der Waals surface area contributed by atoms with Gasteiger partial charge >= 0.3 is 0 Å². The van der Waals surface area contributed by atoms with Crippen molar-refractivity contribution in [3.8, 4) is 0 Å². The second kappa shape index (κ2) is 7.20. The molecule has 0 spiro atoms. The zero-order valence-electron chi connectivity index (χ0n) is 13.5. The van der Waals surface area contributed by atoms with Gasteiger partial charge in [0.2, 0.25) is 0 Å². The Labute approximate surface area is 133 Å². The Bertz CT molecular complexity index is 425. The summed E-state index contributed by atoms with van der Waals surface area (Å²) in [5, 5.41) is 0. The maximum atomic E-state index is 11.8. The minimum absolute atomic E-state index is 0.194. The number of hydrogen-bond donors (Lipinski definition) is 0. The number of ether oxygens (including phenoxy) is 1. The molecule has 0 radical (unpaired) electrons. The molecule has 2 aliphatic rings. The highest BCUT2D eigenvalue weighted by molar-refractivity contribution is 8.00. The van der Waals surface area contributed by atoms with E-state index in [0.29, 0.717) is 17.6 Å². The molecule has 2 rings (SSSR count). The molecule has 2 heterocycles. The van der Waals surface area contributed by atoms with Crippen LogP contribution < -0.4 is 0 Å². The van der Waals surface area contributed by atoms with Crippen molar-refractivity contribution >= 4 is 21.6 Å². The van der Waals surface area contributed by atoms with Crippen molar-refractivity contribution in [1.29, 1.82) is 0 Å². The number of thioether (sulfide) groups is 1.